The van der Waals surface area contributed by atoms with Crippen molar-refractivity contribution in [1.82, 2.24) is 14.6 Å². The molecule has 72 valence electrons. The molecule has 3 nitrogen and oxygen atoms in total. The fourth-order valence-corrected chi connectivity index (χ4v) is 1.40. The molecule has 2 heterocycles. The van der Waals surface area contributed by atoms with Gasteiger partial charge in [-0.2, -0.15) is 17.7 Å². The minimum Gasteiger partial charge on any atom is -0.222 e. The summed E-state index contributed by atoms with van der Waals surface area (Å²) in [7, 11) is 0. The number of nitrogens with zero attached hydrogens (tertiary/aromatic N) is 3. The van der Waals surface area contributed by atoms with E-state index >= 15 is 0 Å². The number of hydrogen-bond acceptors (Lipinski definition) is 3. The second-order valence-electron chi connectivity index (χ2n) is 2.70. The van der Waals surface area contributed by atoms with Crippen molar-refractivity contribution in [3.05, 3.63) is 35.3 Å². The minimum atomic E-state index is 0.471. The lowest BCUT2D eigenvalue weighted by Crippen LogP contribution is -1.88. The highest BCUT2D eigenvalue weighted by atomic mass is 35.5. The number of rotatable bonds is 2. The Labute approximate surface area is 91.8 Å². The maximum absolute atomic E-state index is 5.79. The first-order valence-electron chi connectivity index (χ1n) is 4.08. The second kappa shape index (κ2) is 4.02. The third-order valence-electron chi connectivity index (χ3n) is 1.77. The Morgan fingerprint density at radius 3 is 3.21 bits per heavy atom. The van der Waals surface area contributed by atoms with Gasteiger partial charge < -0.3 is 0 Å². The highest BCUT2D eigenvalue weighted by molar-refractivity contribution is 7.80. The Bertz CT molecular complexity index is 478. The van der Waals surface area contributed by atoms with Gasteiger partial charge in [0.2, 0.25) is 0 Å². The number of halogens is 1. The van der Waals surface area contributed by atoms with Crippen LogP contribution in [-0.2, 0) is 0 Å². The van der Waals surface area contributed by atoms with Crippen molar-refractivity contribution in [3.63, 3.8) is 0 Å². The molecule has 0 saturated carbocycles. The molecule has 2 aromatic rings. The maximum Gasteiger partial charge on any atom is 0.163 e. The Hall–Kier alpha value is -1.00. The van der Waals surface area contributed by atoms with Crippen molar-refractivity contribution in [1.29, 1.82) is 0 Å². The van der Waals surface area contributed by atoms with Gasteiger partial charge in [-0.1, -0.05) is 23.8 Å². The number of fused-ring (bicyclic) bond motifs is 1. The predicted octanol–water partition coefficient (Wildman–Crippen LogP) is 2.33. The summed E-state index contributed by atoms with van der Waals surface area (Å²) in [6.07, 6.45) is 7.39. The van der Waals surface area contributed by atoms with Crippen LogP contribution in [0.2, 0.25) is 5.15 Å². The second-order valence-corrected chi connectivity index (χ2v) is 3.46. The molecule has 5 heteroatoms. The van der Waals surface area contributed by atoms with Crippen molar-refractivity contribution in [2.75, 3.05) is 5.75 Å². The monoisotopic (exact) mass is 225 g/mol. The van der Waals surface area contributed by atoms with Crippen LogP contribution in [0.3, 0.4) is 0 Å². The zero-order valence-corrected chi connectivity index (χ0v) is 8.91. The van der Waals surface area contributed by atoms with Crippen molar-refractivity contribution < 1.29 is 0 Å². The Morgan fingerprint density at radius 1 is 1.57 bits per heavy atom. The van der Waals surface area contributed by atoms with Gasteiger partial charge in [0, 0.05) is 17.5 Å². The van der Waals surface area contributed by atoms with E-state index in [-0.39, 0.29) is 0 Å². The molecule has 2 rings (SSSR count). The standard InChI is InChI=1S/C9H8ClN3S/c10-8-3-4-13-9(12-8)7(6-11-13)2-1-5-14/h1-4,6,14H,5H2. The lowest BCUT2D eigenvalue weighted by Gasteiger charge is -1.93. The molecule has 0 N–H and O–H groups in total. The summed E-state index contributed by atoms with van der Waals surface area (Å²) < 4.78 is 1.68. The normalized spacial score (nSPS) is 11.6. The zero-order valence-electron chi connectivity index (χ0n) is 7.26. The van der Waals surface area contributed by atoms with Gasteiger partial charge in [0.25, 0.3) is 0 Å². The van der Waals surface area contributed by atoms with E-state index in [4.69, 9.17) is 11.6 Å². The quantitative estimate of drug-likeness (QED) is 0.628. The van der Waals surface area contributed by atoms with Gasteiger partial charge in [-0.25, -0.2) is 9.50 Å². The molecule has 0 atom stereocenters. The van der Waals surface area contributed by atoms with Crippen molar-refractivity contribution >= 4 is 36.0 Å². The van der Waals surface area contributed by atoms with E-state index in [1.54, 1.807) is 23.0 Å². The summed E-state index contributed by atoms with van der Waals surface area (Å²) in [6, 6.07) is 1.70. The molecule has 0 radical (unpaired) electrons. The first kappa shape index (κ1) is 9.55. The Morgan fingerprint density at radius 2 is 2.43 bits per heavy atom. The van der Waals surface area contributed by atoms with E-state index in [1.165, 1.54) is 0 Å². The van der Waals surface area contributed by atoms with Gasteiger partial charge in [-0.05, 0) is 6.07 Å². The molecule has 2 aromatic heterocycles. The molecule has 0 bridgehead atoms. The molecule has 0 saturated heterocycles. The topological polar surface area (TPSA) is 30.2 Å². The molecule has 0 aliphatic rings. The van der Waals surface area contributed by atoms with Crippen LogP contribution in [0.15, 0.2) is 24.5 Å². The SMILES string of the molecule is SCC=Cc1cnn2ccc(Cl)nc12. The summed E-state index contributed by atoms with van der Waals surface area (Å²) >= 11 is 9.88. The molecule has 0 aromatic carbocycles. The summed E-state index contributed by atoms with van der Waals surface area (Å²) in [5.74, 6) is 0.692. The molecule has 0 aliphatic heterocycles. The molecule has 0 amide bonds. The predicted molar refractivity (Wildman–Crippen MR) is 60.9 cm³/mol. The van der Waals surface area contributed by atoms with Crippen LogP contribution in [0.4, 0.5) is 0 Å². The van der Waals surface area contributed by atoms with Crippen molar-refractivity contribution in [2.45, 2.75) is 0 Å². The van der Waals surface area contributed by atoms with Crippen molar-refractivity contribution in [2.24, 2.45) is 0 Å². The largest absolute Gasteiger partial charge is 0.222 e. The van der Waals surface area contributed by atoms with E-state index in [2.05, 4.69) is 22.7 Å². The average Bonchev–Trinajstić information content (AvgIpc) is 2.57. The first-order chi connectivity index (χ1) is 6.81. The minimum absolute atomic E-state index is 0.471. The fourth-order valence-electron chi connectivity index (χ4n) is 1.16. The molecular weight excluding hydrogens is 218 g/mol. The zero-order chi connectivity index (χ0) is 9.97. The molecule has 0 fully saturated rings. The molecule has 14 heavy (non-hydrogen) atoms. The van der Waals surface area contributed by atoms with Crippen LogP contribution in [0.1, 0.15) is 5.56 Å². The summed E-state index contributed by atoms with van der Waals surface area (Å²) in [5.41, 5.74) is 1.71. The van der Waals surface area contributed by atoms with Gasteiger partial charge in [0.05, 0.1) is 6.20 Å². The fraction of sp³-hybridized carbons (Fsp3) is 0.111. The van der Waals surface area contributed by atoms with Crippen molar-refractivity contribution in [3.8, 4) is 0 Å². The van der Waals surface area contributed by atoms with Crippen LogP contribution < -0.4 is 0 Å². The number of hydrogen-bond donors (Lipinski definition) is 1. The van der Waals surface area contributed by atoms with E-state index in [0.29, 0.717) is 10.9 Å². The molecule has 0 aliphatic carbocycles. The lowest BCUT2D eigenvalue weighted by atomic mass is 10.3. The highest BCUT2D eigenvalue weighted by Gasteiger charge is 2.02. The number of thiol groups is 1. The van der Waals surface area contributed by atoms with Gasteiger partial charge in [-0.3, -0.25) is 0 Å². The van der Waals surface area contributed by atoms with Gasteiger partial charge >= 0.3 is 0 Å². The first-order valence-corrected chi connectivity index (χ1v) is 5.09. The van der Waals surface area contributed by atoms with E-state index in [9.17, 15) is 0 Å². The average molecular weight is 226 g/mol. The summed E-state index contributed by atoms with van der Waals surface area (Å²) in [5, 5.41) is 4.60. The van der Waals surface area contributed by atoms with Gasteiger partial charge in [-0.15, -0.1) is 0 Å². The molecular formula is C9H8ClN3S. The smallest absolute Gasteiger partial charge is 0.163 e. The Kier molecular flexibility index (Phi) is 2.74. The van der Waals surface area contributed by atoms with Gasteiger partial charge in [0.1, 0.15) is 5.15 Å². The molecule has 0 spiro atoms. The third-order valence-corrected chi connectivity index (χ3v) is 2.19. The van der Waals surface area contributed by atoms with Crippen LogP contribution in [-0.4, -0.2) is 20.4 Å². The summed E-state index contributed by atoms with van der Waals surface area (Å²) in [4.78, 5) is 4.18. The van der Waals surface area contributed by atoms with Crippen LogP contribution in [0.5, 0.6) is 0 Å². The summed E-state index contributed by atoms with van der Waals surface area (Å²) in [6.45, 7) is 0. The molecule has 0 unspecified atom stereocenters. The van der Waals surface area contributed by atoms with E-state index < -0.39 is 0 Å². The lowest BCUT2D eigenvalue weighted by molar-refractivity contribution is 0.939. The number of aromatic nitrogens is 3. The Balaban J connectivity index is 2.55. The maximum atomic E-state index is 5.79. The van der Waals surface area contributed by atoms with Crippen LogP contribution in [0.25, 0.3) is 11.7 Å². The highest BCUT2D eigenvalue weighted by Crippen LogP contribution is 2.12. The van der Waals surface area contributed by atoms with E-state index in [1.807, 2.05) is 12.2 Å². The van der Waals surface area contributed by atoms with E-state index in [0.717, 1.165) is 11.2 Å². The van der Waals surface area contributed by atoms with Crippen LogP contribution in [0, 0.1) is 0 Å². The van der Waals surface area contributed by atoms with Crippen LogP contribution >= 0.6 is 24.2 Å². The third kappa shape index (κ3) is 1.76. The van der Waals surface area contributed by atoms with Gasteiger partial charge in [0.15, 0.2) is 5.65 Å².